The van der Waals surface area contributed by atoms with Crippen molar-refractivity contribution in [2.75, 3.05) is 5.75 Å². The fourth-order valence-corrected chi connectivity index (χ4v) is 0.730. The minimum Gasteiger partial charge on any atom is -0.348 e. The Balaban J connectivity index is 4.03. The zero-order chi connectivity index (χ0) is 7.33. The van der Waals surface area contributed by atoms with Gasteiger partial charge >= 0.3 is 16.6 Å². The Hall–Kier alpha value is -0.840. The van der Waals surface area contributed by atoms with Crippen LogP contribution in [0.3, 0.4) is 0 Å². The van der Waals surface area contributed by atoms with E-state index in [0.29, 0.717) is 0 Å². The first kappa shape index (κ1) is 8.16. The van der Waals surface area contributed by atoms with Gasteiger partial charge in [0.25, 0.3) is 0 Å². The molecule has 0 aromatic rings. The van der Waals surface area contributed by atoms with Gasteiger partial charge in [-0.2, -0.15) is 8.42 Å². The van der Waals surface area contributed by atoms with Gasteiger partial charge in [-0.15, -0.1) is 6.58 Å². The second kappa shape index (κ2) is 3.24. The summed E-state index contributed by atoms with van der Waals surface area (Å²) in [5.41, 5.74) is 0. The molecule has 0 unspecified atom stereocenters. The molecule has 52 valence electrons. The second-order valence-electron chi connectivity index (χ2n) is 1.21. The van der Waals surface area contributed by atoms with E-state index in [2.05, 4.69) is 10.8 Å². The van der Waals surface area contributed by atoms with Gasteiger partial charge in [-0.1, -0.05) is 6.08 Å². The van der Waals surface area contributed by atoms with Gasteiger partial charge in [-0.05, 0) is 0 Å². The standard InChI is InChI=1S/C4H6O4S/c1-2-3-9(6,7)8-4-5/h2,4H,1,3H2. The molecule has 9 heavy (non-hydrogen) atoms. The van der Waals surface area contributed by atoms with Gasteiger partial charge in [-0.25, -0.2) is 0 Å². The molecule has 0 aliphatic rings. The summed E-state index contributed by atoms with van der Waals surface area (Å²) < 4.78 is 24.3. The summed E-state index contributed by atoms with van der Waals surface area (Å²) in [6.07, 6.45) is 1.14. The van der Waals surface area contributed by atoms with Crippen molar-refractivity contribution < 1.29 is 17.4 Å². The van der Waals surface area contributed by atoms with Gasteiger partial charge in [0.15, 0.2) is 0 Å². The average Bonchev–Trinajstić information content (AvgIpc) is 1.64. The molecule has 0 radical (unpaired) electrons. The fraction of sp³-hybridized carbons (Fsp3) is 0.250. The molecule has 4 nitrogen and oxygen atoms in total. The number of hydrogen-bond donors (Lipinski definition) is 0. The van der Waals surface area contributed by atoms with Gasteiger partial charge in [0.2, 0.25) is 0 Å². The lowest BCUT2D eigenvalue weighted by Crippen LogP contribution is -2.06. The lowest BCUT2D eigenvalue weighted by atomic mass is 10.8. The Labute approximate surface area is 53.3 Å². The zero-order valence-corrected chi connectivity index (χ0v) is 5.43. The molecule has 0 fully saturated rings. The number of carbonyl (C=O) groups excluding carboxylic acids is 1. The highest BCUT2D eigenvalue weighted by Gasteiger charge is 2.05. The SMILES string of the molecule is C=CCS(=O)(=O)OC=O. The lowest BCUT2D eigenvalue weighted by Gasteiger charge is -1.92. The van der Waals surface area contributed by atoms with Crippen molar-refractivity contribution in [3.05, 3.63) is 12.7 Å². The van der Waals surface area contributed by atoms with Crippen molar-refractivity contribution in [1.29, 1.82) is 0 Å². The molecular weight excluding hydrogens is 144 g/mol. The Morgan fingerprint density at radius 1 is 1.56 bits per heavy atom. The summed E-state index contributed by atoms with van der Waals surface area (Å²) in [6, 6.07) is 0. The first-order valence-electron chi connectivity index (χ1n) is 2.08. The summed E-state index contributed by atoms with van der Waals surface area (Å²) in [4.78, 5) is 9.46. The van der Waals surface area contributed by atoms with E-state index < -0.39 is 10.1 Å². The molecule has 0 aromatic carbocycles. The van der Waals surface area contributed by atoms with E-state index in [4.69, 9.17) is 0 Å². The fourth-order valence-electron chi connectivity index (χ4n) is 0.243. The molecule has 0 rings (SSSR count). The predicted molar refractivity (Wildman–Crippen MR) is 31.1 cm³/mol. The lowest BCUT2D eigenvalue weighted by molar-refractivity contribution is -0.120. The van der Waals surface area contributed by atoms with E-state index in [1.165, 1.54) is 0 Å². The minimum absolute atomic E-state index is 0.126. The third-order valence-electron chi connectivity index (χ3n) is 0.508. The quantitative estimate of drug-likeness (QED) is 0.313. The molecule has 0 amide bonds. The second-order valence-corrected chi connectivity index (χ2v) is 2.85. The third-order valence-corrected chi connectivity index (χ3v) is 1.52. The molecule has 0 saturated carbocycles. The van der Waals surface area contributed by atoms with Crippen LogP contribution in [0, 0.1) is 0 Å². The van der Waals surface area contributed by atoms with Crippen LogP contribution in [0.1, 0.15) is 0 Å². The van der Waals surface area contributed by atoms with Gasteiger partial charge < -0.3 is 4.18 Å². The highest BCUT2D eigenvalue weighted by Crippen LogP contribution is 1.88. The first-order chi connectivity index (χ1) is 4.12. The summed E-state index contributed by atoms with van der Waals surface area (Å²) in [5, 5.41) is 0. The number of hydrogen-bond acceptors (Lipinski definition) is 4. The van der Waals surface area contributed by atoms with Crippen LogP contribution in [0.4, 0.5) is 0 Å². The Bertz CT molecular complexity index is 175. The molecule has 0 aromatic heterocycles. The Kier molecular flexibility index (Phi) is 2.94. The molecule has 0 N–H and O–H groups in total. The molecule has 0 heterocycles. The molecule has 0 saturated heterocycles. The topological polar surface area (TPSA) is 60.4 Å². The maximum Gasteiger partial charge on any atom is 0.315 e. The molecule has 0 bridgehead atoms. The van der Waals surface area contributed by atoms with Crippen molar-refractivity contribution >= 4 is 16.6 Å². The van der Waals surface area contributed by atoms with Crippen molar-refractivity contribution in [3.8, 4) is 0 Å². The number of rotatable bonds is 4. The summed E-state index contributed by atoms with van der Waals surface area (Å²) in [7, 11) is -3.67. The monoisotopic (exact) mass is 150 g/mol. The maximum absolute atomic E-state index is 10.3. The van der Waals surface area contributed by atoms with Crippen LogP contribution in [-0.2, 0) is 19.1 Å². The normalized spacial score (nSPS) is 10.2. The minimum atomic E-state index is -3.67. The van der Waals surface area contributed by atoms with E-state index in [1.54, 1.807) is 0 Å². The number of carbonyl (C=O) groups is 1. The highest BCUT2D eigenvalue weighted by atomic mass is 32.2. The van der Waals surface area contributed by atoms with Crippen molar-refractivity contribution in [2.45, 2.75) is 0 Å². The average molecular weight is 150 g/mol. The van der Waals surface area contributed by atoms with E-state index in [9.17, 15) is 13.2 Å². The van der Waals surface area contributed by atoms with Crippen molar-refractivity contribution in [1.82, 2.24) is 0 Å². The Morgan fingerprint density at radius 3 is 2.44 bits per heavy atom. The molecule has 0 aliphatic carbocycles. The van der Waals surface area contributed by atoms with Crippen LogP contribution in [0.15, 0.2) is 12.7 Å². The van der Waals surface area contributed by atoms with Gasteiger partial charge in [0, 0.05) is 0 Å². The first-order valence-corrected chi connectivity index (χ1v) is 3.65. The van der Waals surface area contributed by atoms with E-state index in [0.717, 1.165) is 6.08 Å². The summed E-state index contributed by atoms with van der Waals surface area (Å²) in [5.74, 6) is -0.342. The van der Waals surface area contributed by atoms with Crippen molar-refractivity contribution in [3.63, 3.8) is 0 Å². The molecular formula is C4H6O4S. The van der Waals surface area contributed by atoms with E-state index in [1.807, 2.05) is 0 Å². The Morgan fingerprint density at radius 2 is 2.11 bits per heavy atom. The van der Waals surface area contributed by atoms with Gasteiger partial charge in [-0.3, -0.25) is 4.79 Å². The van der Waals surface area contributed by atoms with Gasteiger partial charge in [0.05, 0.1) is 0 Å². The molecule has 0 aliphatic heterocycles. The van der Waals surface area contributed by atoms with Crippen LogP contribution < -0.4 is 0 Å². The predicted octanol–water partition coefficient (Wildman–Crippen LogP) is -0.325. The van der Waals surface area contributed by atoms with Crippen LogP contribution in [0.25, 0.3) is 0 Å². The zero-order valence-electron chi connectivity index (χ0n) is 4.61. The molecule has 0 atom stereocenters. The third kappa shape index (κ3) is 3.72. The van der Waals surface area contributed by atoms with Crippen LogP contribution >= 0.6 is 0 Å². The largest absolute Gasteiger partial charge is 0.348 e. The highest BCUT2D eigenvalue weighted by molar-refractivity contribution is 7.87. The van der Waals surface area contributed by atoms with Gasteiger partial charge in [0.1, 0.15) is 5.75 Å². The molecule has 5 heteroatoms. The maximum atomic E-state index is 10.3. The summed E-state index contributed by atoms with van der Waals surface area (Å²) >= 11 is 0. The van der Waals surface area contributed by atoms with Crippen LogP contribution in [0.5, 0.6) is 0 Å². The van der Waals surface area contributed by atoms with Crippen LogP contribution in [0.2, 0.25) is 0 Å². The van der Waals surface area contributed by atoms with Crippen molar-refractivity contribution in [2.24, 2.45) is 0 Å². The molecule has 0 spiro atoms. The smallest absolute Gasteiger partial charge is 0.315 e. The van der Waals surface area contributed by atoms with E-state index in [-0.39, 0.29) is 12.2 Å². The van der Waals surface area contributed by atoms with E-state index >= 15 is 0 Å². The van der Waals surface area contributed by atoms with Crippen LogP contribution in [-0.4, -0.2) is 20.6 Å². The summed E-state index contributed by atoms with van der Waals surface area (Å²) in [6.45, 7) is 3.03.